The van der Waals surface area contributed by atoms with Gasteiger partial charge in [-0.05, 0) is 43.5 Å². The lowest BCUT2D eigenvalue weighted by Gasteiger charge is -2.23. The van der Waals surface area contributed by atoms with E-state index in [1.54, 1.807) is 6.07 Å². The Hall–Kier alpha value is -2.57. The molecule has 1 N–H and O–H groups in total. The summed E-state index contributed by atoms with van der Waals surface area (Å²) >= 11 is 0. The van der Waals surface area contributed by atoms with Crippen LogP contribution in [0.25, 0.3) is 0 Å². The summed E-state index contributed by atoms with van der Waals surface area (Å²) in [6.07, 6.45) is 3.03. The summed E-state index contributed by atoms with van der Waals surface area (Å²) in [4.78, 5) is 9.05. The topological polar surface area (TPSA) is 35.8 Å². The summed E-state index contributed by atoms with van der Waals surface area (Å²) in [5, 5.41) is 3.36. The molecule has 1 aromatic heterocycles. The van der Waals surface area contributed by atoms with Gasteiger partial charge in [-0.2, -0.15) is 0 Å². The lowest BCUT2D eigenvalue weighted by Crippen LogP contribution is -2.39. The molecule has 2 heterocycles. The van der Waals surface area contributed by atoms with Crippen molar-refractivity contribution in [1.29, 1.82) is 0 Å². The minimum Gasteiger partial charge on any atom is -0.371 e. The van der Waals surface area contributed by atoms with Crippen LogP contribution in [0.15, 0.2) is 41.5 Å². The van der Waals surface area contributed by atoms with Gasteiger partial charge in [0, 0.05) is 63.9 Å². The van der Waals surface area contributed by atoms with Crippen molar-refractivity contribution >= 4 is 11.6 Å². The maximum Gasteiger partial charge on any atom is 0.194 e. The van der Waals surface area contributed by atoms with Crippen LogP contribution in [-0.2, 0) is 13.6 Å². The molecule has 2 aromatic rings. The summed E-state index contributed by atoms with van der Waals surface area (Å²) in [5.41, 5.74) is 1.96. The van der Waals surface area contributed by atoms with Crippen molar-refractivity contribution in [1.82, 2.24) is 14.8 Å². The van der Waals surface area contributed by atoms with Crippen molar-refractivity contribution < 1.29 is 8.78 Å². The largest absolute Gasteiger partial charge is 0.371 e. The second kappa shape index (κ2) is 9.08. The number of nitrogens with one attached hydrogen (secondary N) is 1. The van der Waals surface area contributed by atoms with Crippen LogP contribution in [0.1, 0.15) is 19.0 Å². The number of guanidine groups is 1. The molecule has 1 aromatic carbocycles. The number of benzene rings is 1. The molecule has 3 rings (SSSR count). The predicted octanol–water partition coefficient (Wildman–Crippen LogP) is 3.23. The van der Waals surface area contributed by atoms with Crippen LogP contribution < -0.4 is 10.2 Å². The van der Waals surface area contributed by atoms with Gasteiger partial charge in [-0.25, -0.2) is 8.78 Å². The highest BCUT2D eigenvalue weighted by molar-refractivity contribution is 5.79. The number of anilines is 1. The molecule has 0 spiro atoms. The van der Waals surface area contributed by atoms with Crippen molar-refractivity contribution in [2.24, 2.45) is 18.0 Å². The van der Waals surface area contributed by atoms with Crippen LogP contribution >= 0.6 is 0 Å². The summed E-state index contributed by atoms with van der Waals surface area (Å²) < 4.78 is 28.8. The van der Waals surface area contributed by atoms with Crippen molar-refractivity contribution in [2.75, 3.05) is 38.1 Å². The van der Waals surface area contributed by atoms with E-state index in [2.05, 4.69) is 32.7 Å². The molecular weight excluding hydrogens is 360 g/mol. The van der Waals surface area contributed by atoms with Gasteiger partial charge in [0.1, 0.15) is 0 Å². The molecule has 1 fully saturated rings. The van der Waals surface area contributed by atoms with E-state index in [9.17, 15) is 8.78 Å². The van der Waals surface area contributed by atoms with Gasteiger partial charge in [0.25, 0.3) is 0 Å². The Labute approximate surface area is 165 Å². The molecular formula is C21H29F2N5. The van der Waals surface area contributed by atoms with E-state index in [0.29, 0.717) is 12.5 Å². The molecule has 0 radical (unpaired) electrons. The van der Waals surface area contributed by atoms with Gasteiger partial charge in [0.2, 0.25) is 0 Å². The number of aryl methyl sites for hydroxylation is 1. The Bertz CT molecular complexity index is 817. The first kappa shape index (κ1) is 20.2. The summed E-state index contributed by atoms with van der Waals surface area (Å²) in [7, 11) is 4.08. The highest BCUT2D eigenvalue weighted by Gasteiger charge is 2.23. The molecule has 1 aliphatic heterocycles. The molecule has 1 aliphatic rings. The highest BCUT2D eigenvalue weighted by Crippen LogP contribution is 2.25. The van der Waals surface area contributed by atoms with Gasteiger partial charge in [0.15, 0.2) is 17.6 Å². The second-order valence-electron chi connectivity index (χ2n) is 7.36. The van der Waals surface area contributed by atoms with E-state index in [1.807, 2.05) is 26.4 Å². The van der Waals surface area contributed by atoms with Crippen molar-refractivity contribution in [3.63, 3.8) is 0 Å². The van der Waals surface area contributed by atoms with Gasteiger partial charge in [-0.3, -0.25) is 4.99 Å². The average molecular weight is 389 g/mol. The first-order valence-electron chi connectivity index (χ1n) is 9.77. The molecule has 5 nitrogen and oxygen atoms in total. The average Bonchev–Trinajstić information content (AvgIpc) is 3.30. The van der Waals surface area contributed by atoms with Gasteiger partial charge in [-0.15, -0.1) is 0 Å². The van der Waals surface area contributed by atoms with E-state index >= 15 is 0 Å². The van der Waals surface area contributed by atoms with E-state index < -0.39 is 11.6 Å². The minimum atomic E-state index is -0.805. The molecule has 28 heavy (non-hydrogen) atoms. The fourth-order valence-corrected chi connectivity index (χ4v) is 3.56. The van der Waals surface area contributed by atoms with E-state index in [4.69, 9.17) is 4.99 Å². The fourth-order valence-electron chi connectivity index (χ4n) is 3.56. The fraction of sp³-hybridized carbons (Fsp3) is 0.476. The number of aromatic nitrogens is 1. The van der Waals surface area contributed by atoms with Crippen molar-refractivity contribution in [2.45, 2.75) is 19.9 Å². The molecule has 0 bridgehead atoms. The quantitative estimate of drug-likeness (QED) is 0.609. The third kappa shape index (κ3) is 4.82. The zero-order chi connectivity index (χ0) is 20.1. The summed E-state index contributed by atoms with van der Waals surface area (Å²) in [5.74, 6) is -0.323. The number of hydrogen-bond acceptors (Lipinski definition) is 2. The first-order valence-corrected chi connectivity index (χ1v) is 9.77. The molecule has 0 amide bonds. The molecule has 1 saturated heterocycles. The minimum absolute atomic E-state index is 0.394. The zero-order valence-electron chi connectivity index (χ0n) is 16.8. The molecule has 7 heteroatoms. The Balaban J connectivity index is 1.60. The second-order valence-corrected chi connectivity index (χ2v) is 7.36. The predicted molar refractivity (Wildman–Crippen MR) is 110 cm³/mol. The number of halogens is 2. The smallest absolute Gasteiger partial charge is 0.194 e. The van der Waals surface area contributed by atoms with Crippen LogP contribution in [0, 0.1) is 17.6 Å². The maximum absolute atomic E-state index is 13.5. The Morgan fingerprint density at radius 3 is 2.79 bits per heavy atom. The van der Waals surface area contributed by atoms with Crippen LogP contribution in [0.3, 0.4) is 0 Å². The first-order chi connectivity index (χ1) is 13.5. The number of aliphatic imine (C=N–C) groups is 1. The maximum atomic E-state index is 13.5. The Morgan fingerprint density at radius 1 is 1.29 bits per heavy atom. The number of nitrogens with zero attached hydrogens (tertiary/aromatic N) is 4. The van der Waals surface area contributed by atoms with E-state index in [1.165, 1.54) is 17.8 Å². The van der Waals surface area contributed by atoms with Gasteiger partial charge < -0.3 is 19.7 Å². The standard InChI is InChI=1S/C21H29F2N5/c1-4-24-21(27(3)15-18-6-5-10-26(18)2)25-13-16-9-11-28(14-16)17-7-8-19(22)20(23)12-17/h5-8,10,12,16H,4,9,11,13-15H2,1-3H3,(H,24,25). The number of hydrogen-bond donors (Lipinski definition) is 1. The van der Waals surface area contributed by atoms with Crippen molar-refractivity contribution in [3.8, 4) is 0 Å². The third-order valence-corrected chi connectivity index (χ3v) is 5.20. The number of rotatable bonds is 6. The molecule has 0 saturated carbocycles. The van der Waals surface area contributed by atoms with Gasteiger partial charge in [0.05, 0.1) is 6.54 Å². The lowest BCUT2D eigenvalue weighted by atomic mass is 10.1. The molecule has 1 unspecified atom stereocenters. The zero-order valence-corrected chi connectivity index (χ0v) is 16.8. The molecule has 1 atom stereocenters. The van der Waals surface area contributed by atoms with E-state index in [0.717, 1.165) is 44.2 Å². The normalized spacial score (nSPS) is 17.2. The Kier molecular flexibility index (Phi) is 6.54. The molecule has 152 valence electrons. The van der Waals surface area contributed by atoms with Gasteiger partial charge in [-0.1, -0.05) is 0 Å². The van der Waals surface area contributed by atoms with Crippen LogP contribution in [0.4, 0.5) is 14.5 Å². The Morgan fingerprint density at radius 2 is 2.11 bits per heavy atom. The molecule has 0 aliphatic carbocycles. The lowest BCUT2D eigenvalue weighted by molar-refractivity contribution is 0.458. The highest BCUT2D eigenvalue weighted by atomic mass is 19.2. The van der Waals surface area contributed by atoms with Gasteiger partial charge >= 0.3 is 0 Å². The van der Waals surface area contributed by atoms with Crippen LogP contribution in [0.5, 0.6) is 0 Å². The van der Waals surface area contributed by atoms with Crippen LogP contribution in [-0.4, -0.2) is 48.7 Å². The van der Waals surface area contributed by atoms with Crippen LogP contribution in [0.2, 0.25) is 0 Å². The van der Waals surface area contributed by atoms with E-state index in [-0.39, 0.29) is 0 Å². The van der Waals surface area contributed by atoms with Crippen molar-refractivity contribution in [3.05, 3.63) is 53.9 Å². The summed E-state index contributed by atoms with van der Waals surface area (Å²) in [6, 6.07) is 8.26. The third-order valence-electron chi connectivity index (χ3n) is 5.20. The summed E-state index contributed by atoms with van der Waals surface area (Å²) in [6.45, 7) is 5.99. The SMILES string of the molecule is CCNC(=NCC1CCN(c2ccc(F)c(F)c2)C1)N(C)Cc1cccn1C. The monoisotopic (exact) mass is 389 g/mol.